The molecule has 1 heterocycles. The van der Waals surface area contributed by atoms with E-state index in [9.17, 15) is 51.9 Å². The Labute approximate surface area is 407 Å². The van der Waals surface area contributed by atoms with Gasteiger partial charge >= 0.3 is 16.4 Å². The molecule has 0 aliphatic carbocycles. The number of primary amides is 1. The zero-order chi connectivity index (χ0) is 50.7. The Balaban J connectivity index is 1.50. The average molecular weight is 1010 g/mol. The number of thioether (sulfide) groups is 2. The molecule has 24 heteroatoms. The number of likely N-dealkylation sites (N-methyl/N-ethyl adjacent to an activating group) is 1. The van der Waals surface area contributed by atoms with Crippen LogP contribution in [-0.2, 0) is 68.0 Å². The van der Waals surface area contributed by atoms with Crippen molar-refractivity contribution in [2.24, 2.45) is 5.73 Å². The number of carbonyl (C=O) groups excluding carboxylic acids is 7. The Morgan fingerprint density at radius 2 is 1.30 bits per heavy atom. The molecular weight excluding hydrogens is 957 g/mol. The molecule has 0 aliphatic heterocycles. The number of para-hydroxylation sites is 1. The SMILES string of the molecule is CSCC[C@@H](NC(=O)Cc1ccc(OS(=O)(=O)O)cc1)C(=O)NCC(=O)N[C@@H](Cc1c[nH]c2ccccc12)C(=O)N[C@H](CCSC)C(=O)N[C@H](CC(=O)O)C(=O)N(C)[C@@H](Cc1ccccc1)C(N)=O. The maximum atomic E-state index is 14.3. The summed E-state index contributed by atoms with van der Waals surface area (Å²) in [4.78, 5) is 111. The molecule has 5 atom stereocenters. The van der Waals surface area contributed by atoms with E-state index in [4.69, 9.17) is 10.3 Å². The van der Waals surface area contributed by atoms with E-state index in [1.165, 1.54) is 54.8 Å². The highest BCUT2D eigenvalue weighted by Crippen LogP contribution is 2.20. The maximum Gasteiger partial charge on any atom is 0.446 e. The van der Waals surface area contributed by atoms with E-state index >= 15 is 0 Å². The van der Waals surface area contributed by atoms with Gasteiger partial charge in [0, 0.05) is 37.0 Å². The van der Waals surface area contributed by atoms with E-state index in [0.717, 1.165) is 15.8 Å². The quantitative estimate of drug-likeness (QED) is 0.0354. The topological polar surface area (TPSA) is 326 Å². The number of carboxylic acid groups (broad SMARTS) is 1. The molecule has 0 bridgehead atoms. The fourth-order valence-electron chi connectivity index (χ4n) is 7.07. The number of rotatable bonds is 28. The molecule has 69 heavy (non-hydrogen) atoms. The minimum atomic E-state index is -4.75. The predicted molar refractivity (Wildman–Crippen MR) is 259 cm³/mol. The number of carboxylic acids is 1. The smallest absolute Gasteiger partial charge is 0.446 e. The second kappa shape index (κ2) is 26.8. The summed E-state index contributed by atoms with van der Waals surface area (Å²) in [6.45, 7) is -0.628. The van der Waals surface area contributed by atoms with Gasteiger partial charge < -0.3 is 51.5 Å². The lowest BCUT2D eigenvalue weighted by Crippen LogP contribution is -2.59. The summed E-state index contributed by atoms with van der Waals surface area (Å²) in [7, 11) is -3.48. The Kier molecular flexibility index (Phi) is 21.3. The highest BCUT2D eigenvalue weighted by Gasteiger charge is 2.35. The first-order valence-corrected chi connectivity index (χ1v) is 25.5. The normalized spacial score (nSPS) is 13.4. The van der Waals surface area contributed by atoms with Gasteiger partial charge in [-0.3, -0.25) is 42.9 Å². The summed E-state index contributed by atoms with van der Waals surface area (Å²) in [5, 5.41) is 23.4. The number of nitrogens with one attached hydrogen (secondary N) is 6. The number of aromatic nitrogens is 1. The Morgan fingerprint density at radius 1 is 0.725 bits per heavy atom. The molecule has 4 aromatic rings. The standard InChI is InChI=1S/C45H56N8O13S3/c1-53(37(41(46)58)21-27-9-5-4-6-10-27)45(62)36(24-40(56)57)52-43(60)34(18-20-68-3)51-44(61)35(23-29-25-47-32-12-8-7-11-31(29)32)50-39(55)26-48-42(59)33(17-19-67-2)49-38(54)22-28-13-15-30(16-14-28)66-69(63,64)65/h4-16,25,33-37,47H,17-24,26H2,1-3H3,(H2,46,58)(H,48,59)(H,49,54)(H,50,55)(H,51,61)(H,52,60)(H,56,57)(H,63,64,65)/t33-,34-,35+,36-,37+/m1/s1. The van der Waals surface area contributed by atoms with Crippen LogP contribution in [-0.4, -0.2) is 143 Å². The van der Waals surface area contributed by atoms with Gasteiger partial charge in [-0.05, 0) is 71.7 Å². The Bertz CT molecular complexity index is 2550. The molecule has 0 unspecified atom stereocenters. The highest BCUT2D eigenvalue weighted by molar-refractivity contribution is 7.98. The van der Waals surface area contributed by atoms with Crippen molar-refractivity contribution in [2.75, 3.05) is 37.6 Å². The van der Waals surface area contributed by atoms with Crippen molar-refractivity contribution >= 4 is 92.1 Å². The first-order valence-electron chi connectivity index (χ1n) is 21.4. The molecule has 0 fully saturated rings. The molecule has 21 nitrogen and oxygen atoms in total. The molecule has 0 saturated carbocycles. The second-order valence-corrected chi connectivity index (χ2v) is 18.7. The Hall–Kier alpha value is -6.63. The van der Waals surface area contributed by atoms with Crippen LogP contribution in [0.3, 0.4) is 0 Å². The molecular formula is C45H56N8O13S3. The number of fused-ring (bicyclic) bond motifs is 1. The molecule has 0 radical (unpaired) electrons. The summed E-state index contributed by atoms with van der Waals surface area (Å²) in [5.74, 6) is -6.41. The first kappa shape index (κ1) is 55.0. The minimum Gasteiger partial charge on any atom is -0.481 e. The van der Waals surface area contributed by atoms with Crippen molar-refractivity contribution in [1.29, 1.82) is 0 Å². The lowest BCUT2D eigenvalue weighted by molar-refractivity contribution is -0.145. The van der Waals surface area contributed by atoms with E-state index < -0.39 is 101 Å². The molecule has 0 aliphatic rings. The van der Waals surface area contributed by atoms with Crippen LogP contribution in [0.25, 0.3) is 10.9 Å². The van der Waals surface area contributed by atoms with Gasteiger partial charge in [0.2, 0.25) is 41.4 Å². The minimum absolute atomic E-state index is 0.0144. The van der Waals surface area contributed by atoms with Crippen LogP contribution < -0.4 is 36.5 Å². The average Bonchev–Trinajstić information content (AvgIpc) is 3.71. The lowest BCUT2D eigenvalue weighted by Gasteiger charge is -2.30. The number of aromatic amines is 1. The van der Waals surface area contributed by atoms with Gasteiger partial charge in [0.15, 0.2) is 0 Å². The van der Waals surface area contributed by atoms with E-state index in [0.29, 0.717) is 28.2 Å². The molecule has 372 valence electrons. The molecule has 4 rings (SSSR count). The number of carbonyl (C=O) groups is 8. The van der Waals surface area contributed by atoms with Crippen molar-refractivity contribution < 1.29 is 60.6 Å². The fraction of sp³-hybridized carbons (Fsp3) is 0.378. The summed E-state index contributed by atoms with van der Waals surface area (Å²) in [5.41, 5.74) is 8.14. The van der Waals surface area contributed by atoms with Crippen molar-refractivity contribution in [1.82, 2.24) is 36.5 Å². The van der Waals surface area contributed by atoms with Crippen LogP contribution in [0.2, 0.25) is 0 Å². The monoisotopic (exact) mass is 1010 g/mol. The zero-order valence-electron chi connectivity index (χ0n) is 38.0. The molecule has 0 spiro atoms. The number of aliphatic carboxylic acids is 1. The van der Waals surface area contributed by atoms with Crippen molar-refractivity contribution in [3.63, 3.8) is 0 Å². The van der Waals surface area contributed by atoms with Crippen molar-refractivity contribution in [3.8, 4) is 5.75 Å². The first-order chi connectivity index (χ1) is 32.8. The lowest BCUT2D eigenvalue weighted by atomic mass is 10.0. The number of benzene rings is 3. The van der Waals surface area contributed by atoms with Crippen molar-refractivity contribution in [2.45, 2.75) is 68.7 Å². The van der Waals surface area contributed by atoms with E-state index in [1.54, 1.807) is 61.2 Å². The van der Waals surface area contributed by atoms with Crippen LogP contribution in [0.5, 0.6) is 5.75 Å². The molecule has 10 N–H and O–H groups in total. The van der Waals surface area contributed by atoms with Gasteiger partial charge in [-0.1, -0.05) is 60.7 Å². The van der Waals surface area contributed by atoms with E-state index in [-0.39, 0.29) is 37.9 Å². The maximum absolute atomic E-state index is 14.3. The molecule has 0 saturated heterocycles. The van der Waals surface area contributed by atoms with Crippen LogP contribution in [0.4, 0.5) is 0 Å². The van der Waals surface area contributed by atoms with Crippen molar-refractivity contribution in [3.05, 3.63) is 102 Å². The van der Waals surface area contributed by atoms with Crippen LogP contribution >= 0.6 is 23.5 Å². The summed E-state index contributed by atoms with van der Waals surface area (Å²) < 4.78 is 35.3. The van der Waals surface area contributed by atoms with Gasteiger partial charge in [0.25, 0.3) is 0 Å². The molecule has 3 aromatic carbocycles. The van der Waals surface area contributed by atoms with Gasteiger partial charge in [-0.2, -0.15) is 31.9 Å². The molecule has 7 amide bonds. The predicted octanol–water partition coefficient (Wildman–Crippen LogP) is 0.726. The largest absolute Gasteiger partial charge is 0.481 e. The van der Waals surface area contributed by atoms with E-state index in [2.05, 4.69) is 35.8 Å². The second-order valence-electron chi connectivity index (χ2n) is 15.7. The van der Waals surface area contributed by atoms with Gasteiger partial charge in [-0.15, -0.1) is 0 Å². The number of hydrogen-bond acceptors (Lipinski definition) is 13. The Morgan fingerprint density at radius 3 is 1.91 bits per heavy atom. The van der Waals surface area contributed by atoms with Gasteiger partial charge in [0.1, 0.15) is 36.0 Å². The third-order valence-corrected chi connectivity index (χ3v) is 12.3. The fourth-order valence-corrected chi connectivity index (χ4v) is 8.37. The number of amides is 7. The van der Waals surface area contributed by atoms with Gasteiger partial charge in [-0.25, -0.2) is 0 Å². The number of nitrogens with zero attached hydrogens (tertiary/aromatic N) is 1. The highest BCUT2D eigenvalue weighted by atomic mass is 32.3. The number of H-pyrrole nitrogens is 1. The summed E-state index contributed by atoms with van der Waals surface area (Å²) in [6.07, 6.45) is 4.26. The summed E-state index contributed by atoms with van der Waals surface area (Å²) >= 11 is 2.76. The summed E-state index contributed by atoms with van der Waals surface area (Å²) in [6, 6.07) is 14.5. The van der Waals surface area contributed by atoms with Crippen LogP contribution in [0, 0.1) is 0 Å². The third-order valence-electron chi connectivity index (χ3n) is 10.6. The van der Waals surface area contributed by atoms with Gasteiger partial charge in [0.05, 0.1) is 19.4 Å². The van der Waals surface area contributed by atoms with Crippen LogP contribution in [0.15, 0.2) is 85.1 Å². The number of nitrogens with two attached hydrogens (primary N) is 1. The third kappa shape index (κ3) is 18.1. The van der Waals surface area contributed by atoms with E-state index in [1.807, 2.05) is 12.1 Å². The number of hydrogen-bond donors (Lipinski definition) is 9. The van der Waals surface area contributed by atoms with Crippen LogP contribution in [0.1, 0.15) is 36.0 Å². The molecule has 1 aromatic heterocycles. The zero-order valence-corrected chi connectivity index (χ0v) is 40.4.